The molecule has 4 aliphatic heterocycles. The van der Waals surface area contributed by atoms with Crippen molar-refractivity contribution < 1.29 is 9.31 Å². The van der Waals surface area contributed by atoms with Crippen molar-refractivity contribution in [3.63, 3.8) is 0 Å². The maximum atomic E-state index is 5.69. The molecule has 6 rings (SSSR count). The van der Waals surface area contributed by atoms with Crippen LogP contribution in [-0.2, 0) is 0 Å². The molecule has 2 aromatic heterocycles. The van der Waals surface area contributed by atoms with Crippen LogP contribution in [0.15, 0.2) is 36.9 Å². The molecule has 0 aliphatic carbocycles. The van der Waals surface area contributed by atoms with Crippen LogP contribution in [0.3, 0.4) is 0 Å². The minimum atomic E-state index is 0.621. The van der Waals surface area contributed by atoms with Crippen LogP contribution in [0.2, 0.25) is 0 Å². The van der Waals surface area contributed by atoms with Gasteiger partial charge in [-0.05, 0) is 0 Å². The van der Waals surface area contributed by atoms with Crippen LogP contribution in [-0.4, -0.2) is 69.0 Å². The van der Waals surface area contributed by atoms with Crippen molar-refractivity contribution in [2.45, 2.75) is 12.1 Å². The average Bonchev–Trinajstić information content (AvgIpc) is 3.18. The molecular weight excluding hydrogens is 367 g/mol. The molecule has 4 saturated heterocycles. The zero-order chi connectivity index (χ0) is 19.2. The third kappa shape index (κ3) is 3.28. The summed E-state index contributed by atoms with van der Waals surface area (Å²) in [5.74, 6) is 2.86. The molecule has 0 bridgehead atoms. The predicted molar refractivity (Wildman–Crippen MR) is 110 cm³/mol. The first-order valence-electron chi connectivity index (χ1n) is 10.3. The zero-order valence-electron chi connectivity index (χ0n) is 16.2. The lowest BCUT2D eigenvalue weighted by atomic mass is 9.96. The maximum Gasteiger partial charge on any atom is 0.658 e. The molecule has 4 atom stereocenters. The summed E-state index contributed by atoms with van der Waals surface area (Å²) in [5, 5.41) is 6.95. The normalized spacial score (nSPS) is 29.5. The van der Waals surface area contributed by atoms with Crippen LogP contribution in [0.1, 0.15) is 0 Å². The lowest BCUT2D eigenvalue weighted by Gasteiger charge is -2.29. The van der Waals surface area contributed by atoms with Gasteiger partial charge in [0.25, 0.3) is 0 Å². The summed E-state index contributed by atoms with van der Waals surface area (Å²) in [6.45, 7) is 6.46. The van der Waals surface area contributed by atoms with Crippen LogP contribution in [0.25, 0.3) is 0 Å². The Kier molecular flexibility index (Phi) is 4.23. The first-order valence-corrected chi connectivity index (χ1v) is 10.3. The van der Waals surface area contributed by atoms with E-state index in [0.717, 1.165) is 62.5 Å². The molecule has 0 amide bonds. The van der Waals surface area contributed by atoms with Gasteiger partial charge in [0, 0.05) is 75.3 Å². The third-order valence-corrected chi connectivity index (χ3v) is 6.66. The highest BCUT2D eigenvalue weighted by molar-refractivity contribution is 6.20. The Bertz CT molecular complexity index is 805. The van der Waals surface area contributed by atoms with Gasteiger partial charge >= 0.3 is 7.69 Å². The largest absolute Gasteiger partial charge is 0.658 e. The highest BCUT2D eigenvalue weighted by Gasteiger charge is 2.40. The second-order valence-electron chi connectivity index (χ2n) is 8.45. The van der Waals surface area contributed by atoms with Gasteiger partial charge in [0.1, 0.15) is 11.5 Å². The number of anilines is 2. The Balaban J connectivity index is 1.05. The molecule has 8 nitrogen and oxygen atoms in total. The molecule has 0 saturated carbocycles. The summed E-state index contributed by atoms with van der Waals surface area (Å²) >= 11 is 0. The Hall–Kier alpha value is -2.52. The molecule has 4 fully saturated rings. The fourth-order valence-corrected chi connectivity index (χ4v) is 4.75. The van der Waals surface area contributed by atoms with Crippen LogP contribution in [0, 0.1) is 11.8 Å². The summed E-state index contributed by atoms with van der Waals surface area (Å²) in [4.78, 5) is 13.4. The van der Waals surface area contributed by atoms with E-state index in [2.05, 4.69) is 30.4 Å². The molecule has 0 aromatic carbocycles. The second kappa shape index (κ2) is 7.07. The molecular formula is C20H24BN6O2. The molecule has 149 valence electrons. The van der Waals surface area contributed by atoms with Crippen molar-refractivity contribution in [1.29, 1.82) is 0 Å². The van der Waals surface area contributed by atoms with E-state index in [1.54, 1.807) is 12.4 Å². The number of fused-ring (bicyclic) bond motifs is 2. The highest BCUT2D eigenvalue weighted by atomic mass is 16.6. The molecule has 9 heteroatoms. The van der Waals surface area contributed by atoms with E-state index in [0.29, 0.717) is 23.6 Å². The fourth-order valence-electron chi connectivity index (χ4n) is 4.75. The Morgan fingerprint density at radius 1 is 0.759 bits per heavy atom. The van der Waals surface area contributed by atoms with E-state index in [-0.39, 0.29) is 0 Å². The van der Waals surface area contributed by atoms with Gasteiger partial charge in [0.2, 0.25) is 0 Å². The summed E-state index contributed by atoms with van der Waals surface area (Å²) in [5.41, 5.74) is 2.18. The smallest absolute Gasteiger partial charge is 0.525 e. The van der Waals surface area contributed by atoms with Crippen LogP contribution >= 0.6 is 0 Å². The summed E-state index contributed by atoms with van der Waals surface area (Å²) < 4.78 is 11.4. The summed E-state index contributed by atoms with van der Waals surface area (Å²) in [6, 6.07) is 5.27. The fraction of sp³-hybridized carbons (Fsp3) is 0.500. The summed E-state index contributed by atoms with van der Waals surface area (Å²) in [7, 11) is 1.35. The Morgan fingerprint density at radius 2 is 1.28 bits per heavy atom. The summed E-state index contributed by atoms with van der Waals surface area (Å²) in [6.07, 6.45) is 7.19. The van der Waals surface area contributed by atoms with E-state index in [1.807, 2.05) is 24.5 Å². The van der Waals surface area contributed by atoms with Crippen molar-refractivity contribution in [2.75, 3.05) is 49.1 Å². The van der Waals surface area contributed by atoms with Crippen molar-refractivity contribution in [3.8, 4) is 11.5 Å². The number of nitrogens with zero attached hydrogens (tertiary/aromatic N) is 4. The number of hydrogen-bond acceptors (Lipinski definition) is 8. The van der Waals surface area contributed by atoms with Gasteiger partial charge in [-0.3, -0.25) is 9.97 Å². The quantitative estimate of drug-likeness (QED) is 0.681. The lowest BCUT2D eigenvalue weighted by molar-refractivity contribution is 0.297. The minimum absolute atomic E-state index is 0.621. The van der Waals surface area contributed by atoms with Crippen LogP contribution in [0.4, 0.5) is 11.4 Å². The maximum absolute atomic E-state index is 5.69. The lowest BCUT2D eigenvalue weighted by Crippen LogP contribution is -2.51. The standard InChI is InChI=1S/C20H24BN6O2/c1-15(26-9-13-3-24-19(13)11-26)5-22-7-17(1)28-21-29-18-2-16(6-23-8-18)27-10-14-4-25-20(14)12-27/h1-2,5-8,13-14,19-20,24-25H,3-4,9-12H2/t13-,14-,19-,20-/m1/s1. The number of nitrogens with one attached hydrogen (secondary N) is 2. The monoisotopic (exact) mass is 391 g/mol. The molecule has 0 spiro atoms. The molecule has 4 aliphatic rings. The van der Waals surface area contributed by atoms with Crippen molar-refractivity contribution >= 4 is 19.1 Å². The topological polar surface area (TPSA) is 74.8 Å². The van der Waals surface area contributed by atoms with Crippen LogP contribution < -0.4 is 29.7 Å². The molecule has 6 heterocycles. The van der Waals surface area contributed by atoms with Gasteiger partial charge in [-0.2, -0.15) is 0 Å². The van der Waals surface area contributed by atoms with Crippen molar-refractivity contribution in [1.82, 2.24) is 20.6 Å². The molecule has 0 unspecified atom stereocenters. The SMILES string of the molecule is [B](Oc1cncc(N2C[C@H]3CN[C@@H]3C2)c1)Oc1cncc(N2C[C@H]3CN[C@@H]3C2)c1. The van der Waals surface area contributed by atoms with Gasteiger partial charge in [-0.1, -0.05) is 0 Å². The number of hydrogen-bond donors (Lipinski definition) is 2. The van der Waals surface area contributed by atoms with Crippen molar-refractivity contribution in [2.24, 2.45) is 11.8 Å². The van der Waals surface area contributed by atoms with E-state index in [1.165, 1.54) is 7.69 Å². The molecule has 1 radical (unpaired) electrons. The highest BCUT2D eigenvalue weighted by Crippen LogP contribution is 2.31. The molecule has 2 N–H and O–H groups in total. The van der Waals surface area contributed by atoms with Crippen LogP contribution in [0.5, 0.6) is 11.5 Å². The zero-order valence-corrected chi connectivity index (χ0v) is 16.2. The van der Waals surface area contributed by atoms with Gasteiger partial charge in [-0.15, -0.1) is 0 Å². The Labute approximate surface area is 170 Å². The van der Waals surface area contributed by atoms with Gasteiger partial charge < -0.3 is 29.7 Å². The Morgan fingerprint density at radius 3 is 1.66 bits per heavy atom. The van der Waals surface area contributed by atoms with Crippen molar-refractivity contribution in [3.05, 3.63) is 36.9 Å². The predicted octanol–water partition coefficient (Wildman–Crippen LogP) is 0.285. The number of rotatable bonds is 6. The van der Waals surface area contributed by atoms with E-state index >= 15 is 0 Å². The van der Waals surface area contributed by atoms with Gasteiger partial charge in [-0.25, -0.2) is 0 Å². The molecule has 2 aromatic rings. The minimum Gasteiger partial charge on any atom is -0.525 e. The first-order chi connectivity index (χ1) is 14.3. The molecule has 29 heavy (non-hydrogen) atoms. The van der Waals surface area contributed by atoms with Gasteiger partial charge in [0.15, 0.2) is 0 Å². The van der Waals surface area contributed by atoms with E-state index < -0.39 is 0 Å². The van der Waals surface area contributed by atoms with Gasteiger partial charge in [0.05, 0.1) is 36.2 Å². The van der Waals surface area contributed by atoms with E-state index in [9.17, 15) is 0 Å². The third-order valence-electron chi connectivity index (χ3n) is 6.66. The van der Waals surface area contributed by atoms with E-state index in [4.69, 9.17) is 9.31 Å². The second-order valence-corrected chi connectivity index (χ2v) is 8.45. The number of pyridine rings is 2. The number of aromatic nitrogens is 2. The first kappa shape index (κ1) is 17.4. The average molecular weight is 391 g/mol.